The molecule has 5 heteroatoms. The molecule has 0 spiro atoms. The average molecular weight is 312 g/mol. The molecule has 0 N–H and O–H groups in total. The fourth-order valence-corrected chi connectivity index (χ4v) is 1.93. The quantitative estimate of drug-likeness (QED) is 0.626. The lowest BCUT2D eigenvalue weighted by Gasteiger charge is -2.06. The number of hydrogen-bond acceptors (Lipinski definition) is 2. The fourth-order valence-electron chi connectivity index (χ4n) is 1.07. The van der Waals surface area contributed by atoms with Crippen LogP contribution in [0.15, 0.2) is 16.6 Å². The molecule has 0 amide bonds. The molecule has 0 heterocycles. The van der Waals surface area contributed by atoms with Crippen molar-refractivity contribution in [2.75, 3.05) is 6.61 Å². The second kappa shape index (κ2) is 5.73. The van der Waals surface area contributed by atoms with E-state index in [1.807, 2.05) is 0 Å². The number of halogens is 3. The molecular weight excluding hydrogens is 303 g/mol. The first-order chi connectivity index (χ1) is 7.06. The SMILES string of the molecule is CCOC(=O)Cc1ccc(Br)c(Cl)c1Cl. The van der Waals surface area contributed by atoms with Gasteiger partial charge >= 0.3 is 5.97 Å². The molecule has 0 aliphatic rings. The lowest BCUT2D eigenvalue weighted by Crippen LogP contribution is -2.07. The topological polar surface area (TPSA) is 26.3 Å². The van der Waals surface area contributed by atoms with E-state index in [2.05, 4.69) is 15.9 Å². The van der Waals surface area contributed by atoms with Crippen molar-refractivity contribution < 1.29 is 9.53 Å². The summed E-state index contributed by atoms with van der Waals surface area (Å²) in [5.41, 5.74) is 0.670. The van der Waals surface area contributed by atoms with Gasteiger partial charge in [-0.15, -0.1) is 0 Å². The second-order valence-corrected chi connectivity index (χ2v) is 4.43. The molecular formula is C10H9BrCl2O2. The zero-order valence-electron chi connectivity index (χ0n) is 8.02. The van der Waals surface area contributed by atoms with E-state index in [4.69, 9.17) is 27.9 Å². The summed E-state index contributed by atoms with van der Waals surface area (Å²) in [6, 6.07) is 3.50. The normalized spacial score (nSPS) is 10.1. The molecule has 0 saturated heterocycles. The van der Waals surface area contributed by atoms with Crippen molar-refractivity contribution in [3.05, 3.63) is 32.2 Å². The Bertz CT molecular complexity index is 380. The highest BCUT2D eigenvalue weighted by Gasteiger charge is 2.12. The third-order valence-corrected chi connectivity index (χ3v) is 3.57. The van der Waals surface area contributed by atoms with Crippen molar-refractivity contribution >= 4 is 45.1 Å². The number of hydrogen-bond donors (Lipinski definition) is 0. The van der Waals surface area contributed by atoms with E-state index >= 15 is 0 Å². The standard InChI is InChI=1S/C10H9BrCl2O2/c1-2-15-8(14)5-6-3-4-7(11)10(13)9(6)12/h3-4H,2,5H2,1H3. The zero-order chi connectivity index (χ0) is 11.4. The molecule has 0 bridgehead atoms. The summed E-state index contributed by atoms with van der Waals surface area (Å²) in [5, 5.41) is 0.803. The molecule has 0 aliphatic carbocycles. The largest absolute Gasteiger partial charge is 0.466 e. The van der Waals surface area contributed by atoms with E-state index < -0.39 is 0 Å². The summed E-state index contributed by atoms with van der Waals surface area (Å²) in [7, 11) is 0. The molecule has 0 saturated carbocycles. The van der Waals surface area contributed by atoms with Crippen LogP contribution in [0, 0.1) is 0 Å². The van der Waals surface area contributed by atoms with E-state index in [1.165, 1.54) is 0 Å². The Balaban J connectivity index is 2.87. The van der Waals surface area contributed by atoms with Crippen molar-refractivity contribution in [2.24, 2.45) is 0 Å². The van der Waals surface area contributed by atoms with E-state index in [1.54, 1.807) is 19.1 Å². The number of carbonyl (C=O) groups excluding carboxylic acids is 1. The third kappa shape index (κ3) is 3.37. The van der Waals surface area contributed by atoms with Crippen molar-refractivity contribution in [2.45, 2.75) is 13.3 Å². The van der Waals surface area contributed by atoms with Gasteiger partial charge < -0.3 is 4.74 Å². The lowest BCUT2D eigenvalue weighted by atomic mass is 10.1. The van der Waals surface area contributed by atoms with E-state index in [0.29, 0.717) is 26.7 Å². The molecule has 2 nitrogen and oxygen atoms in total. The Kier molecular flexibility index (Phi) is 4.90. The van der Waals surface area contributed by atoms with Gasteiger partial charge in [-0.05, 0) is 34.5 Å². The molecule has 0 radical (unpaired) electrons. The van der Waals surface area contributed by atoms with Gasteiger partial charge in [0.25, 0.3) is 0 Å². The molecule has 15 heavy (non-hydrogen) atoms. The number of rotatable bonds is 3. The zero-order valence-corrected chi connectivity index (χ0v) is 11.1. The van der Waals surface area contributed by atoms with Crippen molar-refractivity contribution in [3.63, 3.8) is 0 Å². The molecule has 1 rings (SSSR count). The fraction of sp³-hybridized carbons (Fsp3) is 0.300. The Morgan fingerprint density at radius 3 is 2.67 bits per heavy atom. The Morgan fingerprint density at radius 1 is 1.40 bits per heavy atom. The number of carbonyl (C=O) groups is 1. The summed E-state index contributed by atoms with van der Waals surface area (Å²) in [4.78, 5) is 11.2. The van der Waals surface area contributed by atoms with Crippen molar-refractivity contribution in [1.29, 1.82) is 0 Å². The van der Waals surface area contributed by atoms with Crippen molar-refractivity contribution in [3.8, 4) is 0 Å². The van der Waals surface area contributed by atoms with Crippen LogP contribution in [0.2, 0.25) is 10.0 Å². The lowest BCUT2D eigenvalue weighted by molar-refractivity contribution is -0.142. The molecule has 0 unspecified atom stereocenters. The van der Waals surface area contributed by atoms with Crippen LogP contribution in [0.5, 0.6) is 0 Å². The summed E-state index contributed by atoms with van der Waals surface area (Å²) in [6.45, 7) is 2.12. The predicted molar refractivity (Wildman–Crippen MR) is 64.5 cm³/mol. The maximum atomic E-state index is 11.2. The van der Waals surface area contributed by atoms with Crippen LogP contribution in [0.25, 0.3) is 0 Å². The van der Waals surface area contributed by atoms with Crippen LogP contribution in [-0.2, 0) is 16.0 Å². The van der Waals surface area contributed by atoms with Gasteiger partial charge in [0.15, 0.2) is 0 Å². The maximum Gasteiger partial charge on any atom is 0.310 e. The highest BCUT2D eigenvalue weighted by Crippen LogP contribution is 2.33. The minimum atomic E-state index is -0.308. The summed E-state index contributed by atoms with van der Waals surface area (Å²) >= 11 is 15.1. The van der Waals surface area contributed by atoms with Gasteiger partial charge in [-0.2, -0.15) is 0 Å². The monoisotopic (exact) mass is 310 g/mol. The summed E-state index contributed by atoms with van der Waals surface area (Å²) in [5.74, 6) is -0.308. The molecule has 0 aliphatic heterocycles. The van der Waals surface area contributed by atoms with Gasteiger partial charge in [-0.3, -0.25) is 4.79 Å². The molecule has 0 fully saturated rings. The van der Waals surface area contributed by atoms with Crippen LogP contribution < -0.4 is 0 Å². The Morgan fingerprint density at radius 2 is 2.07 bits per heavy atom. The molecule has 0 aromatic heterocycles. The van der Waals surface area contributed by atoms with E-state index in [-0.39, 0.29) is 12.4 Å². The van der Waals surface area contributed by atoms with Crippen LogP contribution in [-0.4, -0.2) is 12.6 Å². The molecule has 1 aromatic rings. The molecule has 0 atom stereocenters. The van der Waals surface area contributed by atoms with Crippen LogP contribution in [0.3, 0.4) is 0 Å². The van der Waals surface area contributed by atoms with Crippen LogP contribution >= 0.6 is 39.1 Å². The first-order valence-electron chi connectivity index (χ1n) is 4.34. The number of benzene rings is 1. The summed E-state index contributed by atoms with van der Waals surface area (Å²) < 4.78 is 5.53. The Labute approximate surface area is 107 Å². The van der Waals surface area contributed by atoms with Crippen LogP contribution in [0.4, 0.5) is 0 Å². The molecule has 1 aromatic carbocycles. The second-order valence-electron chi connectivity index (χ2n) is 2.82. The number of ether oxygens (including phenoxy) is 1. The predicted octanol–water partition coefficient (Wildman–Crippen LogP) is 3.86. The van der Waals surface area contributed by atoms with Crippen molar-refractivity contribution in [1.82, 2.24) is 0 Å². The smallest absolute Gasteiger partial charge is 0.310 e. The minimum Gasteiger partial charge on any atom is -0.466 e. The maximum absolute atomic E-state index is 11.2. The molecule has 82 valence electrons. The van der Waals surface area contributed by atoms with E-state index in [0.717, 1.165) is 0 Å². The van der Waals surface area contributed by atoms with Gasteiger partial charge in [0.05, 0.1) is 23.1 Å². The van der Waals surface area contributed by atoms with Gasteiger partial charge in [0.1, 0.15) is 0 Å². The van der Waals surface area contributed by atoms with Crippen LogP contribution in [0.1, 0.15) is 12.5 Å². The first-order valence-corrected chi connectivity index (χ1v) is 5.89. The van der Waals surface area contributed by atoms with Gasteiger partial charge in [-0.1, -0.05) is 29.3 Å². The minimum absolute atomic E-state index is 0.139. The first kappa shape index (κ1) is 12.8. The van der Waals surface area contributed by atoms with Gasteiger partial charge in [0, 0.05) is 4.47 Å². The highest BCUT2D eigenvalue weighted by molar-refractivity contribution is 9.10. The Hall–Kier alpha value is -0.250. The summed E-state index contributed by atoms with van der Waals surface area (Å²) in [6.07, 6.45) is 0.139. The number of esters is 1. The van der Waals surface area contributed by atoms with E-state index in [9.17, 15) is 4.79 Å². The van der Waals surface area contributed by atoms with Gasteiger partial charge in [-0.25, -0.2) is 0 Å². The highest BCUT2D eigenvalue weighted by atomic mass is 79.9. The average Bonchev–Trinajstić information content (AvgIpc) is 2.20. The third-order valence-electron chi connectivity index (χ3n) is 1.76. The van der Waals surface area contributed by atoms with Gasteiger partial charge in [0.2, 0.25) is 0 Å².